The Balaban J connectivity index is 2.85. The van der Waals surface area contributed by atoms with Crippen LogP contribution in [0.15, 0.2) is 18.2 Å². The van der Waals surface area contributed by atoms with E-state index in [2.05, 4.69) is 5.32 Å². The zero-order chi connectivity index (χ0) is 12.3. The molecule has 1 aromatic rings. The Morgan fingerprint density at radius 2 is 2.06 bits per heavy atom. The van der Waals surface area contributed by atoms with Crippen LogP contribution in [0.2, 0.25) is 0 Å². The average Bonchev–Trinajstić information content (AvgIpc) is 2.22. The molecule has 0 spiro atoms. The number of hydrogen-bond donors (Lipinski definition) is 2. The van der Waals surface area contributed by atoms with Crippen LogP contribution in [0.5, 0.6) is 0 Å². The molecule has 1 amide bonds. The van der Waals surface area contributed by atoms with E-state index in [0.717, 1.165) is 11.3 Å². The first kappa shape index (κ1) is 12.5. The summed E-state index contributed by atoms with van der Waals surface area (Å²) in [6, 6.07) is 5.35. The molecule has 0 bridgehead atoms. The predicted octanol–water partition coefficient (Wildman–Crippen LogP) is 1.94. The van der Waals surface area contributed by atoms with Gasteiger partial charge in [-0.25, -0.2) is 0 Å². The first-order valence-electron chi connectivity index (χ1n) is 5.09. The van der Waals surface area contributed by atoms with Gasteiger partial charge in [-0.3, -0.25) is 4.79 Å². The number of methoxy groups -OCH3 is 1. The van der Waals surface area contributed by atoms with E-state index in [1.54, 1.807) is 26.0 Å². The quantitative estimate of drug-likeness (QED) is 0.768. The molecular weight excluding hydrogens is 204 g/mol. The van der Waals surface area contributed by atoms with Crippen LogP contribution in [0.3, 0.4) is 0 Å². The lowest BCUT2D eigenvalue weighted by molar-refractivity contribution is -0.133. The fourth-order valence-electron chi connectivity index (χ4n) is 1.19. The van der Waals surface area contributed by atoms with Gasteiger partial charge in [0, 0.05) is 18.5 Å². The number of rotatable bonds is 3. The molecule has 1 aromatic carbocycles. The fourth-order valence-corrected chi connectivity index (χ4v) is 1.19. The molecule has 0 aromatic heterocycles. The predicted molar refractivity (Wildman–Crippen MR) is 65.3 cm³/mol. The molecule has 0 radical (unpaired) electrons. The monoisotopic (exact) mass is 222 g/mol. The molecule has 0 heterocycles. The summed E-state index contributed by atoms with van der Waals surface area (Å²) in [6.45, 7) is 5.33. The van der Waals surface area contributed by atoms with Crippen LogP contribution in [0, 0.1) is 6.92 Å². The zero-order valence-corrected chi connectivity index (χ0v) is 10.1. The zero-order valence-electron chi connectivity index (χ0n) is 10.1. The van der Waals surface area contributed by atoms with E-state index in [1.807, 2.05) is 13.0 Å². The van der Waals surface area contributed by atoms with E-state index < -0.39 is 5.60 Å². The molecule has 0 saturated carbocycles. The summed E-state index contributed by atoms with van der Waals surface area (Å²) in [5, 5.41) is 2.81. The molecule has 0 unspecified atom stereocenters. The highest BCUT2D eigenvalue weighted by Crippen LogP contribution is 2.19. The highest BCUT2D eigenvalue weighted by Gasteiger charge is 2.27. The molecule has 0 saturated heterocycles. The first-order valence-corrected chi connectivity index (χ1v) is 5.09. The topological polar surface area (TPSA) is 64.3 Å². The van der Waals surface area contributed by atoms with Gasteiger partial charge in [0.2, 0.25) is 0 Å². The summed E-state index contributed by atoms with van der Waals surface area (Å²) in [5.41, 5.74) is 7.16. The maximum atomic E-state index is 11.8. The van der Waals surface area contributed by atoms with Gasteiger partial charge in [-0.1, -0.05) is 0 Å². The number of nitrogen functional groups attached to an aromatic ring is 1. The highest BCUT2D eigenvalue weighted by atomic mass is 16.5. The molecule has 0 atom stereocenters. The molecular formula is C12H18N2O2. The number of hydrogen-bond acceptors (Lipinski definition) is 3. The summed E-state index contributed by atoms with van der Waals surface area (Å²) >= 11 is 0. The van der Waals surface area contributed by atoms with Crippen LogP contribution in [0.1, 0.15) is 19.4 Å². The molecule has 0 aliphatic carbocycles. The lowest BCUT2D eigenvalue weighted by atomic mass is 10.1. The lowest BCUT2D eigenvalue weighted by Gasteiger charge is -2.22. The van der Waals surface area contributed by atoms with Crippen molar-refractivity contribution in [1.29, 1.82) is 0 Å². The van der Waals surface area contributed by atoms with Gasteiger partial charge in [0.25, 0.3) is 5.91 Å². The van der Waals surface area contributed by atoms with Gasteiger partial charge in [-0.15, -0.1) is 0 Å². The Bertz CT molecular complexity index is 400. The number of nitrogens with one attached hydrogen (secondary N) is 1. The van der Waals surface area contributed by atoms with Crippen LogP contribution in [-0.4, -0.2) is 18.6 Å². The molecule has 88 valence electrons. The van der Waals surface area contributed by atoms with Gasteiger partial charge >= 0.3 is 0 Å². The number of aryl methyl sites for hydroxylation is 1. The third-order valence-corrected chi connectivity index (χ3v) is 2.56. The summed E-state index contributed by atoms with van der Waals surface area (Å²) in [6.07, 6.45) is 0. The number of anilines is 2. The minimum absolute atomic E-state index is 0.178. The van der Waals surface area contributed by atoms with Crippen LogP contribution in [0.25, 0.3) is 0 Å². The maximum Gasteiger partial charge on any atom is 0.256 e. The molecule has 16 heavy (non-hydrogen) atoms. The van der Waals surface area contributed by atoms with Crippen LogP contribution >= 0.6 is 0 Å². The number of carbonyl (C=O) groups is 1. The van der Waals surface area contributed by atoms with E-state index in [4.69, 9.17) is 10.5 Å². The third kappa shape index (κ3) is 2.73. The van der Waals surface area contributed by atoms with Crippen molar-refractivity contribution >= 4 is 17.3 Å². The summed E-state index contributed by atoms with van der Waals surface area (Å²) in [7, 11) is 1.51. The molecule has 4 nitrogen and oxygen atoms in total. The highest BCUT2D eigenvalue weighted by molar-refractivity contribution is 5.97. The van der Waals surface area contributed by atoms with Crippen molar-refractivity contribution in [2.75, 3.05) is 18.2 Å². The molecule has 0 fully saturated rings. The van der Waals surface area contributed by atoms with E-state index >= 15 is 0 Å². The minimum atomic E-state index is -0.839. The summed E-state index contributed by atoms with van der Waals surface area (Å²) in [5.74, 6) is -0.178. The third-order valence-electron chi connectivity index (χ3n) is 2.56. The number of benzene rings is 1. The summed E-state index contributed by atoms with van der Waals surface area (Å²) < 4.78 is 5.10. The molecule has 0 aliphatic heterocycles. The van der Waals surface area contributed by atoms with Crippen LogP contribution in [0.4, 0.5) is 11.4 Å². The van der Waals surface area contributed by atoms with Crippen LogP contribution < -0.4 is 11.1 Å². The van der Waals surface area contributed by atoms with E-state index in [1.165, 1.54) is 7.11 Å². The van der Waals surface area contributed by atoms with Crippen molar-refractivity contribution < 1.29 is 9.53 Å². The van der Waals surface area contributed by atoms with E-state index in [-0.39, 0.29) is 5.91 Å². The standard InChI is InChI=1S/C12H18N2O2/c1-8-7-9(13)5-6-10(8)14-11(15)12(2,3)16-4/h5-7H,13H2,1-4H3,(H,14,15). The van der Waals surface area contributed by atoms with Crippen molar-refractivity contribution in [1.82, 2.24) is 0 Å². The molecule has 0 aliphatic rings. The number of carbonyl (C=O) groups excluding carboxylic acids is 1. The van der Waals surface area contributed by atoms with Crippen molar-refractivity contribution in [2.24, 2.45) is 0 Å². The van der Waals surface area contributed by atoms with Gasteiger partial charge in [0.05, 0.1) is 0 Å². The summed E-state index contributed by atoms with van der Waals surface area (Å²) in [4.78, 5) is 11.8. The van der Waals surface area contributed by atoms with Crippen molar-refractivity contribution in [3.05, 3.63) is 23.8 Å². The Labute approximate surface area is 95.8 Å². The van der Waals surface area contributed by atoms with Gasteiger partial charge in [0.15, 0.2) is 0 Å². The van der Waals surface area contributed by atoms with Crippen molar-refractivity contribution in [3.63, 3.8) is 0 Å². The number of amides is 1. The minimum Gasteiger partial charge on any atom is -0.399 e. The average molecular weight is 222 g/mol. The second kappa shape index (κ2) is 4.53. The van der Waals surface area contributed by atoms with Gasteiger partial charge in [0.1, 0.15) is 5.60 Å². The van der Waals surface area contributed by atoms with Gasteiger partial charge < -0.3 is 15.8 Å². The number of nitrogens with two attached hydrogens (primary N) is 1. The van der Waals surface area contributed by atoms with Crippen molar-refractivity contribution in [2.45, 2.75) is 26.4 Å². The Kier molecular flexibility index (Phi) is 3.55. The largest absolute Gasteiger partial charge is 0.399 e. The second-order valence-electron chi connectivity index (χ2n) is 4.24. The number of ether oxygens (including phenoxy) is 1. The Hall–Kier alpha value is -1.55. The van der Waals surface area contributed by atoms with Gasteiger partial charge in [-0.2, -0.15) is 0 Å². The smallest absolute Gasteiger partial charge is 0.256 e. The lowest BCUT2D eigenvalue weighted by Crippen LogP contribution is -2.38. The fraction of sp³-hybridized carbons (Fsp3) is 0.417. The molecule has 4 heteroatoms. The maximum absolute atomic E-state index is 11.8. The van der Waals surface area contributed by atoms with Gasteiger partial charge in [-0.05, 0) is 44.5 Å². The normalized spacial score (nSPS) is 11.2. The van der Waals surface area contributed by atoms with E-state index in [9.17, 15) is 4.79 Å². The van der Waals surface area contributed by atoms with E-state index in [0.29, 0.717) is 5.69 Å². The second-order valence-corrected chi connectivity index (χ2v) is 4.24. The Morgan fingerprint density at radius 1 is 1.44 bits per heavy atom. The SMILES string of the molecule is COC(C)(C)C(=O)Nc1ccc(N)cc1C. The first-order chi connectivity index (χ1) is 7.36. The molecule has 3 N–H and O–H groups in total. The molecule has 1 rings (SSSR count). The van der Waals surface area contributed by atoms with Crippen LogP contribution in [-0.2, 0) is 9.53 Å². The Morgan fingerprint density at radius 3 is 2.56 bits per heavy atom. The van der Waals surface area contributed by atoms with Crippen molar-refractivity contribution in [3.8, 4) is 0 Å².